The molecular formula is C16H22O3. The van der Waals surface area contributed by atoms with Crippen molar-refractivity contribution in [3.8, 4) is 5.75 Å². The number of hydrogen-bond donors (Lipinski definition) is 2. The normalized spacial score (nSPS) is 30.7. The smallest absolute Gasteiger partial charge is 0.124 e. The molecule has 0 aromatic heterocycles. The lowest BCUT2D eigenvalue weighted by atomic mass is 10.1. The van der Waals surface area contributed by atoms with E-state index in [4.69, 9.17) is 4.74 Å². The third-order valence-electron chi connectivity index (χ3n) is 4.37. The van der Waals surface area contributed by atoms with E-state index < -0.39 is 0 Å². The van der Waals surface area contributed by atoms with Gasteiger partial charge in [-0.3, -0.25) is 0 Å². The van der Waals surface area contributed by atoms with Gasteiger partial charge in [-0.05, 0) is 55.4 Å². The van der Waals surface area contributed by atoms with Crippen molar-refractivity contribution in [2.24, 2.45) is 0 Å². The molecule has 0 saturated heterocycles. The average molecular weight is 262 g/mol. The lowest BCUT2D eigenvalue weighted by Gasteiger charge is -2.22. The predicted molar refractivity (Wildman–Crippen MR) is 73.2 cm³/mol. The van der Waals surface area contributed by atoms with E-state index in [0.717, 1.165) is 49.8 Å². The minimum atomic E-state index is -0.346. The molecule has 3 rings (SSSR count). The first-order chi connectivity index (χ1) is 9.24. The van der Waals surface area contributed by atoms with Gasteiger partial charge >= 0.3 is 0 Å². The summed E-state index contributed by atoms with van der Waals surface area (Å²) in [6.07, 6.45) is 6.18. The van der Waals surface area contributed by atoms with Crippen molar-refractivity contribution < 1.29 is 14.9 Å². The molecule has 0 bridgehead atoms. The number of ether oxygens (including phenoxy) is 1. The van der Waals surface area contributed by atoms with E-state index in [1.54, 1.807) is 0 Å². The summed E-state index contributed by atoms with van der Waals surface area (Å²) in [7, 11) is 0. The van der Waals surface area contributed by atoms with Gasteiger partial charge in [0.25, 0.3) is 0 Å². The maximum Gasteiger partial charge on any atom is 0.124 e. The van der Waals surface area contributed by atoms with Gasteiger partial charge in [0.15, 0.2) is 0 Å². The molecule has 1 fully saturated rings. The molecule has 2 N–H and O–H groups in total. The molecule has 3 heteroatoms. The Bertz CT molecular complexity index is 444. The molecule has 19 heavy (non-hydrogen) atoms. The van der Waals surface area contributed by atoms with Crippen molar-refractivity contribution in [3.63, 3.8) is 0 Å². The summed E-state index contributed by atoms with van der Waals surface area (Å²) in [5, 5.41) is 19.9. The van der Waals surface area contributed by atoms with Crippen LogP contribution < -0.4 is 4.74 Å². The van der Waals surface area contributed by atoms with E-state index in [1.165, 1.54) is 12.0 Å². The number of aliphatic hydroxyl groups excluding tert-OH is 2. The van der Waals surface area contributed by atoms with Crippen LogP contribution in [0.15, 0.2) is 18.2 Å². The van der Waals surface area contributed by atoms with Crippen molar-refractivity contribution in [2.75, 3.05) is 0 Å². The van der Waals surface area contributed by atoms with E-state index in [0.29, 0.717) is 0 Å². The summed E-state index contributed by atoms with van der Waals surface area (Å²) in [6, 6.07) is 5.92. The van der Waals surface area contributed by atoms with Crippen LogP contribution in [0.2, 0.25) is 0 Å². The standard InChI is InChI=1S/C16H22O3/c17-14-9-6-11-10-12(7-8-13(11)14)19-16-5-3-1-2-4-15(16)18/h7-8,10,14-18H,1-6,9H2/t14-,15?,16?/m0/s1. The first-order valence-electron chi connectivity index (χ1n) is 7.39. The molecule has 0 radical (unpaired) electrons. The zero-order chi connectivity index (χ0) is 13.2. The second-order valence-electron chi connectivity index (χ2n) is 5.78. The molecule has 1 aromatic carbocycles. The Morgan fingerprint density at radius 2 is 1.84 bits per heavy atom. The van der Waals surface area contributed by atoms with Crippen LogP contribution in [0, 0.1) is 0 Å². The Hall–Kier alpha value is -1.06. The summed E-state index contributed by atoms with van der Waals surface area (Å²) in [6.45, 7) is 0. The van der Waals surface area contributed by atoms with Crippen LogP contribution in [0.3, 0.4) is 0 Å². The zero-order valence-electron chi connectivity index (χ0n) is 11.2. The van der Waals surface area contributed by atoms with Crippen LogP contribution in [0.5, 0.6) is 5.75 Å². The van der Waals surface area contributed by atoms with Crippen molar-refractivity contribution in [2.45, 2.75) is 63.3 Å². The Morgan fingerprint density at radius 3 is 2.74 bits per heavy atom. The summed E-state index contributed by atoms with van der Waals surface area (Å²) in [5.41, 5.74) is 2.22. The highest BCUT2D eigenvalue weighted by molar-refractivity contribution is 5.40. The summed E-state index contributed by atoms with van der Waals surface area (Å²) in [5.74, 6) is 0.832. The number of aryl methyl sites for hydroxylation is 1. The van der Waals surface area contributed by atoms with E-state index in [-0.39, 0.29) is 18.3 Å². The average Bonchev–Trinajstić information content (AvgIpc) is 2.65. The van der Waals surface area contributed by atoms with Crippen LogP contribution in [-0.4, -0.2) is 22.4 Å². The van der Waals surface area contributed by atoms with Crippen LogP contribution in [0.1, 0.15) is 55.8 Å². The van der Waals surface area contributed by atoms with Gasteiger partial charge in [0, 0.05) is 0 Å². The highest BCUT2D eigenvalue weighted by atomic mass is 16.5. The minimum absolute atomic E-state index is 0.0770. The molecule has 2 aliphatic rings. The molecule has 0 amide bonds. The Morgan fingerprint density at radius 1 is 1.00 bits per heavy atom. The van der Waals surface area contributed by atoms with Crippen LogP contribution >= 0.6 is 0 Å². The van der Waals surface area contributed by atoms with Gasteiger partial charge < -0.3 is 14.9 Å². The number of rotatable bonds is 2. The Labute approximate surface area is 114 Å². The number of hydrogen-bond acceptors (Lipinski definition) is 3. The second-order valence-corrected chi connectivity index (χ2v) is 5.78. The molecule has 0 aliphatic heterocycles. The van der Waals surface area contributed by atoms with Gasteiger partial charge in [-0.25, -0.2) is 0 Å². The molecule has 0 heterocycles. The first-order valence-corrected chi connectivity index (χ1v) is 7.39. The molecule has 0 spiro atoms. The minimum Gasteiger partial charge on any atom is -0.488 e. The molecule has 3 nitrogen and oxygen atoms in total. The maximum atomic E-state index is 10.1. The second kappa shape index (κ2) is 5.51. The molecule has 1 aromatic rings. The van der Waals surface area contributed by atoms with E-state index >= 15 is 0 Å². The third-order valence-corrected chi connectivity index (χ3v) is 4.37. The van der Waals surface area contributed by atoms with Crippen molar-refractivity contribution in [3.05, 3.63) is 29.3 Å². The Kier molecular flexibility index (Phi) is 3.76. The predicted octanol–water partition coefficient (Wildman–Crippen LogP) is 2.74. The summed E-state index contributed by atoms with van der Waals surface area (Å²) < 4.78 is 5.98. The summed E-state index contributed by atoms with van der Waals surface area (Å²) >= 11 is 0. The van der Waals surface area contributed by atoms with Gasteiger partial charge in [0.05, 0.1) is 12.2 Å². The molecular weight excluding hydrogens is 240 g/mol. The van der Waals surface area contributed by atoms with Gasteiger partial charge in [0.1, 0.15) is 11.9 Å². The van der Waals surface area contributed by atoms with E-state index in [1.807, 2.05) is 18.2 Å². The third kappa shape index (κ3) is 2.77. The molecule has 1 saturated carbocycles. The number of fused-ring (bicyclic) bond motifs is 1. The monoisotopic (exact) mass is 262 g/mol. The molecule has 104 valence electrons. The maximum absolute atomic E-state index is 10.1. The summed E-state index contributed by atoms with van der Waals surface area (Å²) in [4.78, 5) is 0. The molecule has 2 aliphatic carbocycles. The first kappa shape index (κ1) is 12.9. The van der Waals surface area contributed by atoms with Crippen LogP contribution in [0.4, 0.5) is 0 Å². The van der Waals surface area contributed by atoms with Gasteiger partial charge in [-0.15, -0.1) is 0 Å². The highest BCUT2D eigenvalue weighted by Crippen LogP contribution is 2.34. The van der Waals surface area contributed by atoms with Crippen LogP contribution in [-0.2, 0) is 6.42 Å². The SMILES string of the molecule is OC1CCCCCC1Oc1ccc2c(c1)CC[C@@H]2O. The van der Waals surface area contributed by atoms with Crippen molar-refractivity contribution in [1.82, 2.24) is 0 Å². The van der Waals surface area contributed by atoms with Crippen molar-refractivity contribution >= 4 is 0 Å². The number of benzene rings is 1. The number of aliphatic hydroxyl groups is 2. The largest absolute Gasteiger partial charge is 0.488 e. The Balaban J connectivity index is 1.72. The fourth-order valence-electron chi connectivity index (χ4n) is 3.21. The lowest BCUT2D eigenvalue weighted by Crippen LogP contribution is -2.30. The van der Waals surface area contributed by atoms with Gasteiger partial charge in [0.2, 0.25) is 0 Å². The van der Waals surface area contributed by atoms with Crippen LogP contribution in [0.25, 0.3) is 0 Å². The lowest BCUT2D eigenvalue weighted by molar-refractivity contribution is 0.0319. The van der Waals surface area contributed by atoms with Crippen molar-refractivity contribution in [1.29, 1.82) is 0 Å². The highest BCUT2D eigenvalue weighted by Gasteiger charge is 2.25. The quantitative estimate of drug-likeness (QED) is 0.806. The fourth-order valence-corrected chi connectivity index (χ4v) is 3.21. The van der Waals surface area contributed by atoms with E-state index in [9.17, 15) is 10.2 Å². The van der Waals surface area contributed by atoms with Gasteiger partial charge in [-0.1, -0.05) is 18.9 Å². The molecule has 2 unspecified atom stereocenters. The molecule has 3 atom stereocenters. The fraction of sp³-hybridized carbons (Fsp3) is 0.625. The van der Waals surface area contributed by atoms with E-state index in [2.05, 4.69) is 0 Å². The topological polar surface area (TPSA) is 49.7 Å². The zero-order valence-corrected chi connectivity index (χ0v) is 11.2. The van der Waals surface area contributed by atoms with Gasteiger partial charge in [-0.2, -0.15) is 0 Å².